The van der Waals surface area contributed by atoms with E-state index in [0.717, 1.165) is 31.2 Å². The van der Waals surface area contributed by atoms with E-state index in [4.69, 9.17) is 11.6 Å². The van der Waals surface area contributed by atoms with Gasteiger partial charge in [-0.15, -0.1) is 0 Å². The first-order chi connectivity index (χ1) is 18.2. The number of β-amino-alcohol motifs (C(OH)–C–C–N with tert-alkyl or cyclic N) is 1. The van der Waals surface area contributed by atoms with Gasteiger partial charge >= 0.3 is 0 Å². The van der Waals surface area contributed by atoms with Crippen LogP contribution in [0, 0.1) is 0 Å². The molecule has 6 rings (SSSR count). The molecule has 0 unspecified atom stereocenters. The molecular formula is C32H32ClN3O. The molecule has 0 amide bonds. The van der Waals surface area contributed by atoms with Gasteiger partial charge in [0.1, 0.15) is 0 Å². The average Bonchev–Trinajstić information content (AvgIpc) is 3.25. The van der Waals surface area contributed by atoms with Gasteiger partial charge in [0.15, 0.2) is 0 Å². The quantitative estimate of drug-likeness (QED) is 0.283. The number of aliphatic hydroxyl groups excluding tert-OH is 1. The summed E-state index contributed by atoms with van der Waals surface area (Å²) in [6.07, 6.45) is -0.438. The first kappa shape index (κ1) is 24.2. The van der Waals surface area contributed by atoms with Crippen LogP contribution < -0.4 is 0 Å². The molecule has 188 valence electrons. The largest absolute Gasteiger partial charge is 0.390 e. The van der Waals surface area contributed by atoms with Gasteiger partial charge in [-0.1, -0.05) is 90.5 Å². The van der Waals surface area contributed by atoms with Crippen LogP contribution in [0.4, 0.5) is 0 Å². The minimum atomic E-state index is -0.438. The fourth-order valence-corrected chi connectivity index (χ4v) is 5.99. The van der Waals surface area contributed by atoms with E-state index >= 15 is 0 Å². The summed E-state index contributed by atoms with van der Waals surface area (Å²) in [5, 5.41) is 14.4. The highest BCUT2D eigenvalue weighted by Crippen LogP contribution is 2.31. The second kappa shape index (κ2) is 10.7. The second-order valence-electron chi connectivity index (χ2n) is 10.0. The number of rotatable bonds is 7. The van der Waals surface area contributed by atoms with Crippen LogP contribution in [0.1, 0.15) is 17.2 Å². The van der Waals surface area contributed by atoms with E-state index in [2.05, 4.69) is 105 Å². The van der Waals surface area contributed by atoms with Crippen LogP contribution in [0.15, 0.2) is 103 Å². The number of hydrogen-bond acceptors (Lipinski definition) is 3. The molecule has 1 aromatic heterocycles. The number of aliphatic hydroxyl groups is 1. The highest BCUT2D eigenvalue weighted by Gasteiger charge is 2.27. The number of fused-ring (bicyclic) bond motifs is 3. The third kappa shape index (κ3) is 5.03. The lowest BCUT2D eigenvalue weighted by Gasteiger charge is -2.40. The fraction of sp³-hybridized carbons (Fsp3) is 0.250. The Morgan fingerprint density at radius 2 is 1.16 bits per heavy atom. The van der Waals surface area contributed by atoms with Crippen LogP contribution in [0.2, 0.25) is 5.02 Å². The summed E-state index contributed by atoms with van der Waals surface area (Å²) in [6, 6.07) is 36.1. The zero-order valence-corrected chi connectivity index (χ0v) is 21.6. The normalized spacial score (nSPS) is 16.8. The van der Waals surface area contributed by atoms with Gasteiger partial charge in [-0.25, -0.2) is 0 Å². The summed E-state index contributed by atoms with van der Waals surface area (Å²) < 4.78 is 2.28. The van der Waals surface area contributed by atoms with E-state index < -0.39 is 6.10 Å². The molecule has 0 aliphatic carbocycles. The molecule has 1 fully saturated rings. The van der Waals surface area contributed by atoms with Crippen LogP contribution in [0.25, 0.3) is 21.8 Å². The van der Waals surface area contributed by atoms with Crippen molar-refractivity contribution in [3.05, 3.63) is 119 Å². The Kier molecular flexibility index (Phi) is 6.99. The monoisotopic (exact) mass is 509 g/mol. The van der Waals surface area contributed by atoms with Crippen LogP contribution in [0.5, 0.6) is 0 Å². The Morgan fingerprint density at radius 3 is 1.78 bits per heavy atom. The third-order valence-electron chi connectivity index (χ3n) is 7.62. The first-order valence-corrected chi connectivity index (χ1v) is 13.5. The molecule has 1 N–H and O–H groups in total. The lowest BCUT2D eigenvalue weighted by atomic mass is 9.96. The van der Waals surface area contributed by atoms with Crippen molar-refractivity contribution in [2.75, 3.05) is 32.7 Å². The summed E-state index contributed by atoms with van der Waals surface area (Å²) in [7, 11) is 0. The number of aromatic nitrogens is 1. The molecule has 5 aromatic rings. The topological polar surface area (TPSA) is 31.6 Å². The second-order valence-corrected chi connectivity index (χ2v) is 10.4. The van der Waals surface area contributed by atoms with E-state index in [0.29, 0.717) is 13.1 Å². The Hall–Kier alpha value is -3.15. The number of halogens is 1. The zero-order chi connectivity index (χ0) is 25.2. The van der Waals surface area contributed by atoms with Crippen LogP contribution in [0.3, 0.4) is 0 Å². The van der Waals surface area contributed by atoms with Gasteiger partial charge in [-0.2, -0.15) is 0 Å². The van der Waals surface area contributed by atoms with E-state index in [1.165, 1.54) is 32.9 Å². The molecule has 0 bridgehead atoms. The molecule has 0 spiro atoms. The van der Waals surface area contributed by atoms with Gasteiger partial charge in [0.25, 0.3) is 0 Å². The number of nitrogens with zero attached hydrogens (tertiary/aromatic N) is 3. The van der Waals surface area contributed by atoms with Crippen molar-refractivity contribution in [3.8, 4) is 0 Å². The van der Waals surface area contributed by atoms with Gasteiger partial charge in [0.05, 0.1) is 18.7 Å². The van der Waals surface area contributed by atoms with Gasteiger partial charge in [-0.05, 0) is 35.4 Å². The van der Waals surface area contributed by atoms with E-state index in [9.17, 15) is 5.11 Å². The van der Waals surface area contributed by atoms with Crippen molar-refractivity contribution in [2.24, 2.45) is 0 Å². The Morgan fingerprint density at radius 1 is 0.622 bits per heavy atom. The Balaban J connectivity index is 1.15. The van der Waals surface area contributed by atoms with Gasteiger partial charge in [0.2, 0.25) is 0 Å². The molecule has 5 heteroatoms. The standard InChI is InChI=1S/C32H32ClN3O/c33-26-16-14-25(15-17-26)32(24-8-2-1-3-9-24)35-20-18-34(19-21-35)22-27(37)23-36-30-12-6-4-10-28(30)29-11-5-7-13-31(29)36/h1-17,27,32,37H,18-23H2/t27-,32-/m1/s1. The summed E-state index contributed by atoms with van der Waals surface area (Å²) in [6.45, 7) is 5.02. The highest BCUT2D eigenvalue weighted by atomic mass is 35.5. The van der Waals surface area contributed by atoms with E-state index in [1.807, 2.05) is 12.1 Å². The van der Waals surface area contributed by atoms with E-state index in [1.54, 1.807) is 0 Å². The summed E-state index contributed by atoms with van der Waals surface area (Å²) in [5.74, 6) is 0. The minimum Gasteiger partial charge on any atom is -0.390 e. The van der Waals surface area contributed by atoms with Gasteiger partial charge < -0.3 is 9.67 Å². The van der Waals surface area contributed by atoms with Crippen molar-refractivity contribution >= 4 is 33.4 Å². The van der Waals surface area contributed by atoms with Gasteiger partial charge in [0, 0.05) is 59.6 Å². The molecule has 2 atom stereocenters. The molecule has 0 radical (unpaired) electrons. The highest BCUT2D eigenvalue weighted by molar-refractivity contribution is 6.30. The number of benzene rings is 4. The lowest BCUT2D eigenvalue weighted by Crippen LogP contribution is -2.50. The van der Waals surface area contributed by atoms with Crippen molar-refractivity contribution in [1.82, 2.24) is 14.4 Å². The maximum atomic E-state index is 11.2. The minimum absolute atomic E-state index is 0.197. The Bertz CT molecular complexity index is 1420. The predicted molar refractivity (Wildman–Crippen MR) is 153 cm³/mol. The van der Waals surface area contributed by atoms with Crippen LogP contribution >= 0.6 is 11.6 Å². The third-order valence-corrected chi connectivity index (χ3v) is 7.87. The number of para-hydroxylation sites is 2. The fourth-order valence-electron chi connectivity index (χ4n) is 5.87. The molecule has 4 aromatic carbocycles. The molecule has 0 saturated carbocycles. The number of hydrogen-bond donors (Lipinski definition) is 1. The molecule has 1 saturated heterocycles. The molecule has 4 nitrogen and oxygen atoms in total. The Labute approximate surface area is 223 Å². The molecule has 2 heterocycles. The van der Waals surface area contributed by atoms with Crippen molar-refractivity contribution in [1.29, 1.82) is 0 Å². The molecule has 37 heavy (non-hydrogen) atoms. The maximum absolute atomic E-state index is 11.2. The molecule has 1 aliphatic heterocycles. The predicted octanol–water partition coefficient (Wildman–Crippen LogP) is 6.22. The number of piperazine rings is 1. The first-order valence-electron chi connectivity index (χ1n) is 13.1. The van der Waals surface area contributed by atoms with Crippen molar-refractivity contribution in [2.45, 2.75) is 18.7 Å². The average molecular weight is 510 g/mol. The maximum Gasteiger partial charge on any atom is 0.0845 e. The van der Waals surface area contributed by atoms with Crippen LogP contribution in [-0.2, 0) is 6.54 Å². The summed E-state index contributed by atoms with van der Waals surface area (Å²) >= 11 is 6.19. The van der Waals surface area contributed by atoms with Gasteiger partial charge in [-0.3, -0.25) is 9.80 Å². The lowest BCUT2D eigenvalue weighted by molar-refractivity contribution is 0.0565. The molecule has 1 aliphatic rings. The summed E-state index contributed by atoms with van der Waals surface area (Å²) in [5.41, 5.74) is 4.92. The van der Waals surface area contributed by atoms with Crippen LogP contribution in [-0.4, -0.2) is 58.3 Å². The van der Waals surface area contributed by atoms with E-state index in [-0.39, 0.29) is 6.04 Å². The van der Waals surface area contributed by atoms with Crippen molar-refractivity contribution in [3.63, 3.8) is 0 Å². The van der Waals surface area contributed by atoms with Crippen molar-refractivity contribution < 1.29 is 5.11 Å². The zero-order valence-electron chi connectivity index (χ0n) is 20.9. The summed E-state index contributed by atoms with van der Waals surface area (Å²) in [4.78, 5) is 4.95. The molecular weight excluding hydrogens is 478 g/mol. The smallest absolute Gasteiger partial charge is 0.0845 e. The SMILES string of the molecule is O[C@H](CN1CCN([C@H](c2ccccc2)c2ccc(Cl)cc2)CC1)Cn1c2ccccc2c2ccccc21.